The predicted molar refractivity (Wildman–Crippen MR) is 81.5 cm³/mol. The SMILES string of the molecule is B[C@]12CC=C3c4ccc(O)cc4CC[C@H]3[C@@H]1CCC2=O. The largest absolute Gasteiger partial charge is 0.508 e. The Morgan fingerprint density at radius 3 is 2.95 bits per heavy atom. The molecule has 20 heavy (non-hydrogen) atoms. The van der Waals surface area contributed by atoms with Crippen LogP contribution in [0.25, 0.3) is 5.57 Å². The Labute approximate surface area is 120 Å². The third-order valence-corrected chi connectivity index (χ3v) is 5.89. The van der Waals surface area contributed by atoms with Crippen molar-refractivity contribution in [3.05, 3.63) is 35.4 Å². The first-order valence-corrected chi connectivity index (χ1v) is 7.65. The first-order chi connectivity index (χ1) is 9.59. The average Bonchev–Trinajstić information content (AvgIpc) is 2.74. The van der Waals surface area contributed by atoms with Gasteiger partial charge in [-0.1, -0.05) is 12.1 Å². The molecule has 1 aromatic carbocycles. The first-order valence-electron chi connectivity index (χ1n) is 7.65. The van der Waals surface area contributed by atoms with Crippen molar-refractivity contribution in [2.45, 2.75) is 37.4 Å². The molecule has 3 aliphatic carbocycles. The van der Waals surface area contributed by atoms with Crippen LogP contribution in [0.15, 0.2) is 24.3 Å². The Kier molecular flexibility index (Phi) is 2.45. The van der Waals surface area contributed by atoms with Crippen LogP contribution in [0.3, 0.4) is 0 Å². The zero-order valence-corrected chi connectivity index (χ0v) is 11.9. The van der Waals surface area contributed by atoms with Crippen LogP contribution in [0, 0.1) is 11.8 Å². The van der Waals surface area contributed by atoms with Gasteiger partial charge in [0.15, 0.2) is 0 Å². The maximum absolute atomic E-state index is 12.2. The Hall–Kier alpha value is -1.51. The summed E-state index contributed by atoms with van der Waals surface area (Å²) in [6.07, 6.45) is 7.16. The smallest absolute Gasteiger partial charge is 0.131 e. The molecule has 0 bridgehead atoms. The van der Waals surface area contributed by atoms with Crippen LogP contribution in [0.1, 0.15) is 36.8 Å². The van der Waals surface area contributed by atoms with Crippen molar-refractivity contribution in [1.82, 2.24) is 0 Å². The number of Topliss-reactive ketones (excluding diaryl/α,β-unsaturated/α-hetero) is 1. The minimum Gasteiger partial charge on any atom is -0.508 e. The first kappa shape index (κ1) is 12.3. The number of ketones is 1. The Balaban J connectivity index is 1.81. The maximum atomic E-state index is 12.2. The second-order valence-electron chi connectivity index (χ2n) is 6.84. The maximum Gasteiger partial charge on any atom is 0.131 e. The van der Waals surface area contributed by atoms with Gasteiger partial charge in [0.05, 0.1) is 0 Å². The van der Waals surface area contributed by atoms with Gasteiger partial charge < -0.3 is 5.11 Å². The van der Waals surface area contributed by atoms with Crippen molar-refractivity contribution in [2.24, 2.45) is 11.8 Å². The van der Waals surface area contributed by atoms with E-state index in [4.69, 9.17) is 0 Å². The van der Waals surface area contributed by atoms with E-state index in [1.165, 1.54) is 16.7 Å². The fourth-order valence-electron chi connectivity index (χ4n) is 4.74. The van der Waals surface area contributed by atoms with E-state index >= 15 is 0 Å². The third kappa shape index (κ3) is 1.49. The lowest BCUT2D eigenvalue weighted by molar-refractivity contribution is -0.120. The van der Waals surface area contributed by atoms with Crippen LogP contribution >= 0.6 is 0 Å². The summed E-state index contributed by atoms with van der Waals surface area (Å²) >= 11 is 0. The standard InChI is InChI=1S/C17H19BO2/c18-17-8-7-13-12-4-2-11(19)9-10(12)1-3-14(13)15(17)5-6-16(17)20/h2,4,7,9,14-15,19H,1,3,5-6,8,18H2/t14-,15+,17-/m1/s1. The van der Waals surface area contributed by atoms with Gasteiger partial charge in [-0.2, -0.15) is 0 Å². The van der Waals surface area contributed by atoms with Crippen LogP contribution in [0.4, 0.5) is 0 Å². The highest BCUT2D eigenvalue weighted by molar-refractivity contribution is 6.30. The van der Waals surface area contributed by atoms with Gasteiger partial charge in [0.1, 0.15) is 19.4 Å². The van der Waals surface area contributed by atoms with Crippen molar-refractivity contribution < 1.29 is 9.90 Å². The molecule has 3 aliphatic rings. The van der Waals surface area contributed by atoms with E-state index in [0.717, 1.165) is 32.1 Å². The Morgan fingerprint density at radius 1 is 1.25 bits per heavy atom. The van der Waals surface area contributed by atoms with Crippen LogP contribution in [0.5, 0.6) is 5.75 Å². The fourth-order valence-corrected chi connectivity index (χ4v) is 4.74. The van der Waals surface area contributed by atoms with Crippen LogP contribution < -0.4 is 0 Å². The highest BCUT2D eigenvalue weighted by atomic mass is 16.3. The lowest BCUT2D eigenvalue weighted by atomic mass is 9.51. The molecule has 0 heterocycles. The number of allylic oxidation sites excluding steroid dienone is 2. The van der Waals surface area contributed by atoms with Gasteiger partial charge in [-0.25, -0.2) is 0 Å². The minimum atomic E-state index is -0.109. The number of aryl methyl sites for hydroxylation is 1. The van der Waals surface area contributed by atoms with E-state index in [1.807, 2.05) is 6.07 Å². The van der Waals surface area contributed by atoms with Crippen molar-refractivity contribution in [2.75, 3.05) is 0 Å². The van der Waals surface area contributed by atoms with E-state index < -0.39 is 0 Å². The highest BCUT2D eigenvalue weighted by Crippen LogP contribution is 2.59. The van der Waals surface area contributed by atoms with Crippen LogP contribution in [0.2, 0.25) is 5.31 Å². The number of carbonyl (C=O) groups is 1. The summed E-state index contributed by atoms with van der Waals surface area (Å²) in [7, 11) is 2.17. The molecule has 1 N–H and O–H groups in total. The van der Waals surface area contributed by atoms with E-state index in [9.17, 15) is 9.90 Å². The predicted octanol–water partition coefficient (Wildman–Crippen LogP) is 2.51. The number of hydrogen-bond acceptors (Lipinski definition) is 2. The molecule has 0 spiro atoms. The summed E-state index contributed by atoms with van der Waals surface area (Å²) in [5, 5.41) is 9.54. The molecule has 1 saturated carbocycles. The van der Waals surface area contributed by atoms with Gasteiger partial charge in [-0.15, -0.1) is 0 Å². The number of benzene rings is 1. The molecular formula is C17H19BO2. The van der Waals surface area contributed by atoms with Gasteiger partial charge in [0.2, 0.25) is 0 Å². The number of aromatic hydroxyl groups is 1. The zero-order valence-electron chi connectivity index (χ0n) is 11.9. The molecule has 0 amide bonds. The minimum absolute atomic E-state index is 0.109. The summed E-state index contributed by atoms with van der Waals surface area (Å²) in [6, 6.07) is 5.75. The molecule has 0 aromatic heterocycles. The summed E-state index contributed by atoms with van der Waals surface area (Å²) in [5.41, 5.74) is 4.00. The molecular weight excluding hydrogens is 247 g/mol. The van der Waals surface area contributed by atoms with Crippen molar-refractivity contribution in [1.29, 1.82) is 0 Å². The molecule has 1 fully saturated rings. The van der Waals surface area contributed by atoms with Gasteiger partial charge in [0.25, 0.3) is 0 Å². The summed E-state index contributed by atoms with van der Waals surface area (Å²) in [5.74, 6) is 1.89. The topological polar surface area (TPSA) is 37.3 Å². The second-order valence-corrected chi connectivity index (χ2v) is 6.84. The molecule has 0 unspecified atom stereocenters. The van der Waals surface area contributed by atoms with E-state index in [1.54, 1.807) is 6.07 Å². The molecule has 3 heteroatoms. The molecule has 1 aromatic rings. The summed E-state index contributed by atoms with van der Waals surface area (Å²) in [4.78, 5) is 12.2. The van der Waals surface area contributed by atoms with Crippen LogP contribution in [-0.4, -0.2) is 18.7 Å². The number of fused-ring (bicyclic) bond motifs is 5. The Morgan fingerprint density at radius 2 is 2.10 bits per heavy atom. The number of phenols is 1. The van der Waals surface area contributed by atoms with Crippen molar-refractivity contribution >= 4 is 19.2 Å². The van der Waals surface area contributed by atoms with Gasteiger partial charge in [-0.3, -0.25) is 4.79 Å². The fraction of sp³-hybridized carbons (Fsp3) is 0.471. The number of carbonyl (C=O) groups excluding carboxylic acids is 1. The number of hydrogen-bond donors (Lipinski definition) is 1. The lowest BCUT2D eigenvalue weighted by Gasteiger charge is -2.43. The van der Waals surface area contributed by atoms with Crippen molar-refractivity contribution in [3.63, 3.8) is 0 Å². The average molecular weight is 266 g/mol. The van der Waals surface area contributed by atoms with Crippen molar-refractivity contribution in [3.8, 4) is 5.75 Å². The third-order valence-electron chi connectivity index (χ3n) is 5.89. The van der Waals surface area contributed by atoms with E-state index in [2.05, 4.69) is 20.0 Å². The van der Waals surface area contributed by atoms with Crippen LogP contribution in [-0.2, 0) is 11.2 Å². The molecule has 4 rings (SSSR count). The van der Waals surface area contributed by atoms with Gasteiger partial charge >= 0.3 is 0 Å². The van der Waals surface area contributed by atoms with Gasteiger partial charge in [0, 0.05) is 11.7 Å². The quantitative estimate of drug-likeness (QED) is 0.732. The normalized spacial score (nSPS) is 35.0. The Bertz CT molecular complexity index is 634. The summed E-state index contributed by atoms with van der Waals surface area (Å²) < 4.78 is 0. The molecule has 2 nitrogen and oxygen atoms in total. The summed E-state index contributed by atoms with van der Waals surface area (Å²) in [6.45, 7) is 0. The zero-order chi connectivity index (χ0) is 13.9. The molecule has 3 atom stereocenters. The molecule has 0 saturated heterocycles. The highest BCUT2D eigenvalue weighted by Gasteiger charge is 2.51. The molecule has 0 aliphatic heterocycles. The monoisotopic (exact) mass is 266 g/mol. The number of rotatable bonds is 0. The molecule has 102 valence electrons. The van der Waals surface area contributed by atoms with E-state index in [0.29, 0.717) is 23.4 Å². The van der Waals surface area contributed by atoms with Gasteiger partial charge in [-0.05, 0) is 66.4 Å². The lowest BCUT2D eigenvalue weighted by Crippen LogP contribution is -2.35. The van der Waals surface area contributed by atoms with E-state index in [-0.39, 0.29) is 5.31 Å². The number of phenolic OH excluding ortho intramolecular Hbond substituents is 1. The second kappa shape index (κ2) is 4.00. The molecule has 0 radical (unpaired) electrons.